The fourth-order valence-corrected chi connectivity index (χ4v) is 3.24. The third-order valence-corrected chi connectivity index (χ3v) is 4.51. The Balaban J connectivity index is 0.000000758. The zero-order chi connectivity index (χ0) is 18.9. The number of carbonyl (C=O) groups excluding carboxylic acids is 2. The molecule has 3 rings (SSSR count). The lowest BCUT2D eigenvalue weighted by Crippen LogP contribution is -2.42. The van der Waals surface area contributed by atoms with Crippen LogP contribution in [0.3, 0.4) is 0 Å². The van der Waals surface area contributed by atoms with Crippen LogP contribution in [0.5, 0.6) is 0 Å². The average Bonchev–Trinajstić information content (AvgIpc) is 2.80. The van der Waals surface area contributed by atoms with E-state index in [4.69, 9.17) is 9.90 Å². The number of likely N-dealkylation sites (N-methyl/N-ethyl adjacent to an activating group) is 1. The van der Waals surface area contributed by atoms with E-state index >= 15 is 0 Å². The second-order valence-corrected chi connectivity index (χ2v) is 6.50. The van der Waals surface area contributed by atoms with Gasteiger partial charge in [-0.3, -0.25) is 19.3 Å². The number of nitrogens with zero attached hydrogens (tertiary/aromatic N) is 2. The minimum atomic E-state index is -0.250. The van der Waals surface area contributed by atoms with Gasteiger partial charge in [-0.15, -0.1) is 0 Å². The summed E-state index contributed by atoms with van der Waals surface area (Å²) in [6.07, 6.45) is 1.38. The van der Waals surface area contributed by atoms with Gasteiger partial charge in [0.05, 0.1) is 19.0 Å². The normalized spacial score (nSPS) is 20.7. The summed E-state index contributed by atoms with van der Waals surface area (Å²) in [5, 5.41) is 12.8. The third kappa shape index (κ3) is 5.82. The summed E-state index contributed by atoms with van der Waals surface area (Å²) in [7, 11) is 2.11. The van der Waals surface area contributed by atoms with E-state index in [1.54, 1.807) is 0 Å². The molecule has 142 valence electrons. The van der Waals surface area contributed by atoms with Crippen molar-refractivity contribution < 1.29 is 19.5 Å². The van der Waals surface area contributed by atoms with Crippen LogP contribution < -0.4 is 10.6 Å². The monoisotopic (exact) mass is 362 g/mol. The summed E-state index contributed by atoms with van der Waals surface area (Å²) in [5.41, 5.74) is 1.78. The van der Waals surface area contributed by atoms with Gasteiger partial charge in [0.25, 0.3) is 6.47 Å². The molecule has 0 aromatic heterocycles. The highest BCUT2D eigenvalue weighted by molar-refractivity contribution is 5.95. The molecule has 2 aliphatic heterocycles. The van der Waals surface area contributed by atoms with E-state index in [1.807, 2.05) is 24.3 Å². The van der Waals surface area contributed by atoms with Crippen LogP contribution in [0.4, 0.5) is 5.69 Å². The maximum absolute atomic E-state index is 12.4. The van der Waals surface area contributed by atoms with Gasteiger partial charge in [0.1, 0.15) is 0 Å². The van der Waals surface area contributed by atoms with Crippen LogP contribution in [0.2, 0.25) is 0 Å². The molecule has 1 unspecified atom stereocenters. The van der Waals surface area contributed by atoms with Gasteiger partial charge >= 0.3 is 0 Å². The van der Waals surface area contributed by atoms with Gasteiger partial charge in [-0.05, 0) is 38.2 Å². The summed E-state index contributed by atoms with van der Waals surface area (Å²) in [6.45, 7) is 4.07. The number of para-hydroxylation sites is 1. The van der Waals surface area contributed by atoms with Gasteiger partial charge in [0, 0.05) is 18.8 Å². The van der Waals surface area contributed by atoms with Gasteiger partial charge in [-0.2, -0.15) is 0 Å². The Kier molecular flexibility index (Phi) is 7.55. The van der Waals surface area contributed by atoms with Crippen molar-refractivity contribution in [1.29, 1.82) is 0 Å². The molecule has 0 bridgehead atoms. The Hall–Kier alpha value is -2.45. The maximum atomic E-state index is 12.4. The SMILES string of the molecule is CN1CCCN(CC(=O)NC2CC(=O)Nc3ccccc32)CC1.O=CO. The Labute approximate surface area is 153 Å². The molecule has 2 amide bonds. The lowest BCUT2D eigenvalue weighted by Gasteiger charge is -2.27. The molecule has 0 saturated carbocycles. The molecule has 8 heteroatoms. The Morgan fingerprint density at radius 3 is 2.81 bits per heavy atom. The first-order valence-electron chi connectivity index (χ1n) is 8.70. The number of hydrogen-bond donors (Lipinski definition) is 3. The lowest BCUT2D eigenvalue weighted by atomic mass is 9.97. The number of carboxylic acid groups (broad SMARTS) is 1. The Bertz CT molecular complexity index is 637. The number of carbonyl (C=O) groups is 3. The third-order valence-electron chi connectivity index (χ3n) is 4.51. The standard InChI is InChI=1S/C17H24N4O2.CH2O2/c1-20-7-4-8-21(10-9-20)12-17(23)19-15-11-16(22)18-14-6-3-2-5-13(14)15;2-1-3/h2-3,5-6,15H,4,7-12H2,1H3,(H,18,22)(H,19,23);1H,(H,2,3). The van der Waals surface area contributed by atoms with Crippen molar-refractivity contribution in [3.63, 3.8) is 0 Å². The van der Waals surface area contributed by atoms with E-state index in [1.165, 1.54) is 0 Å². The molecule has 1 saturated heterocycles. The highest BCUT2D eigenvalue weighted by atomic mass is 16.3. The molecule has 0 aliphatic carbocycles. The van der Waals surface area contributed by atoms with Crippen LogP contribution in [0.15, 0.2) is 24.3 Å². The quantitative estimate of drug-likeness (QED) is 0.678. The maximum Gasteiger partial charge on any atom is 0.290 e. The number of nitrogens with one attached hydrogen (secondary N) is 2. The summed E-state index contributed by atoms with van der Waals surface area (Å²) in [4.78, 5) is 37.0. The van der Waals surface area contributed by atoms with Crippen molar-refractivity contribution in [2.45, 2.75) is 18.9 Å². The van der Waals surface area contributed by atoms with Gasteiger partial charge in [-0.1, -0.05) is 18.2 Å². The Morgan fingerprint density at radius 2 is 2.04 bits per heavy atom. The molecule has 1 fully saturated rings. The molecule has 0 spiro atoms. The molecular weight excluding hydrogens is 336 g/mol. The van der Waals surface area contributed by atoms with Crippen LogP contribution in [0.1, 0.15) is 24.4 Å². The van der Waals surface area contributed by atoms with E-state index in [0.717, 1.165) is 43.9 Å². The van der Waals surface area contributed by atoms with Crippen molar-refractivity contribution in [1.82, 2.24) is 15.1 Å². The molecule has 1 aromatic carbocycles. The summed E-state index contributed by atoms with van der Waals surface area (Å²) < 4.78 is 0. The fraction of sp³-hybridized carbons (Fsp3) is 0.500. The van der Waals surface area contributed by atoms with Gasteiger partial charge in [-0.25, -0.2) is 0 Å². The zero-order valence-corrected chi connectivity index (χ0v) is 15.0. The Morgan fingerprint density at radius 1 is 1.31 bits per heavy atom. The van der Waals surface area contributed by atoms with Crippen molar-refractivity contribution in [2.75, 3.05) is 45.1 Å². The fourth-order valence-electron chi connectivity index (χ4n) is 3.24. The first kappa shape index (κ1) is 19.9. The van der Waals surface area contributed by atoms with Crippen LogP contribution in [-0.2, 0) is 14.4 Å². The van der Waals surface area contributed by atoms with Gasteiger partial charge < -0.3 is 20.6 Å². The first-order chi connectivity index (χ1) is 12.5. The number of benzene rings is 1. The highest BCUT2D eigenvalue weighted by Crippen LogP contribution is 2.29. The van der Waals surface area contributed by atoms with Crippen LogP contribution in [0.25, 0.3) is 0 Å². The zero-order valence-electron chi connectivity index (χ0n) is 15.0. The van der Waals surface area contributed by atoms with E-state index in [0.29, 0.717) is 13.0 Å². The van der Waals surface area contributed by atoms with Crippen molar-refractivity contribution >= 4 is 24.0 Å². The topological polar surface area (TPSA) is 102 Å². The smallest absolute Gasteiger partial charge is 0.290 e. The van der Waals surface area contributed by atoms with E-state index in [2.05, 4.69) is 27.5 Å². The predicted octanol–water partition coefficient (Wildman–Crippen LogP) is 0.524. The van der Waals surface area contributed by atoms with Crippen LogP contribution >= 0.6 is 0 Å². The first-order valence-corrected chi connectivity index (χ1v) is 8.70. The molecule has 2 heterocycles. The highest BCUT2D eigenvalue weighted by Gasteiger charge is 2.26. The number of rotatable bonds is 3. The van der Waals surface area contributed by atoms with E-state index in [-0.39, 0.29) is 24.3 Å². The lowest BCUT2D eigenvalue weighted by molar-refractivity contribution is -0.124. The van der Waals surface area contributed by atoms with Gasteiger partial charge in [0.15, 0.2) is 0 Å². The predicted molar refractivity (Wildman–Crippen MR) is 97.8 cm³/mol. The molecule has 3 N–H and O–H groups in total. The summed E-state index contributed by atoms with van der Waals surface area (Å²) in [5.74, 6) is -0.0607. The largest absolute Gasteiger partial charge is 0.483 e. The second-order valence-electron chi connectivity index (χ2n) is 6.50. The molecule has 1 atom stereocenters. The number of anilines is 1. The molecule has 2 aliphatic rings. The number of amides is 2. The van der Waals surface area contributed by atoms with Crippen LogP contribution in [0, 0.1) is 0 Å². The molecular formula is C18H26N4O4. The van der Waals surface area contributed by atoms with Crippen LogP contribution in [-0.4, -0.2) is 73.0 Å². The number of fused-ring (bicyclic) bond motifs is 1. The van der Waals surface area contributed by atoms with E-state index < -0.39 is 0 Å². The molecule has 0 radical (unpaired) electrons. The molecule has 1 aromatic rings. The second kappa shape index (κ2) is 9.88. The van der Waals surface area contributed by atoms with Crippen molar-refractivity contribution in [3.8, 4) is 0 Å². The minimum Gasteiger partial charge on any atom is -0.483 e. The minimum absolute atomic E-state index is 0.0101. The average molecular weight is 362 g/mol. The van der Waals surface area contributed by atoms with Crippen molar-refractivity contribution in [3.05, 3.63) is 29.8 Å². The van der Waals surface area contributed by atoms with Crippen molar-refractivity contribution in [2.24, 2.45) is 0 Å². The molecule has 26 heavy (non-hydrogen) atoms. The van der Waals surface area contributed by atoms with E-state index in [9.17, 15) is 9.59 Å². The van der Waals surface area contributed by atoms with Gasteiger partial charge in [0.2, 0.25) is 11.8 Å². The summed E-state index contributed by atoms with van der Waals surface area (Å²) in [6, 6.07) is 7.41. The summed E-state index contributed by atoms with van der Waals surface area (Å²) >= 11 is 0. The molecule has 8 nitrogen and oxygen atoms in total. The number of hydrogen-bond acceptors (Lipinski definition) is 5.